The van der Waals surface area contributed by atoms with E-state index in [1.807, 2.05) is 22.6 Å². The first-order valence-electron chi connectivity index (χ1n) is 4.97. The summed E-state index contributed by atoms with van der Waals surface area (Å²) in [5, 5.41) is 12.2. The predicted molar refractivity (Wildman–Crippen MR) is 80.7 cm³/mol. The fourth-order valence-electron chi connectivity index (χ4n) is 1.31. The van der Waals surface area contributed by atoms with Crippen LogP contribution < -0.4 is 5.32 Å². The Morgan fingerprint density at radius 1 is 1.33 bits per heavy atom. The van der Waals surface area contributed by atoms with Crippen LogP contribution in [0.15, 0.2) is 41.1 Å². The summed E-state index contributed by atoms with van der Waals surface area (Å²) < 4.78 is 1.40. The fourth-order valence-corrected chi connectivity index (χ4v) is 1.88. The highest BCUT2D eigenvalue weighted by atomic mass is 127. The minimum absolute atomic E-state index is 0.0946. The van der Waals surface area contributed by atoms with Gasteiger partial charge < -0.3 is 10.4 Å². The van der Waals surface area contributed by atoms with E-state index in [0.717, 1.165) is 0 Å². The second-order valence-corrected chi connectivity index (χ2v) is 5.46. The van der Waals surface area contributed by atoms with Gasteiger partial charge in [-0.1, -0.05) is 0 Å². The summed E-state index contributed by atoms with van der Waals surface area (Å²) in [6.07, 6.45) is 1.55. The number of aromatic hydroxyl groups is 1. The number of nitrogens with zero attached hydrogens (tertiary/aromatic N) is 1. The van der Waals surface area contributed by atoms with Crippen LogP contribution >= 0.6 is 38.5 Å². The molecule has 2 N–H and O–H groups in total. The maximum Gasteiger partial charge on any atom is 0.255 e. The number of nitrogens with one attached hydrogen (secondary N) is 1. The lowest BCUT2D eigenvalue weighted by Gasteiger charge is -2.06. The average Bonchev–Trinajstić information content (AvgIpc) is 2.35. The van der Waals surface area contributed by atoms with Crippen molar-refractivity contribution < 1.29 is 9.90 Å². The first kappa shape index (κ1) is 13.3. The monoisotopic (exact) mass is 418 g/mol. The number of hydrogen-bond donors (Lipinski definition) is 2. The number of benzene rings is 1. The van der Waals surface area contributed by atoms with Gasteiger partial charge in [0.15, 0.2) is 0 Å². The lowest BCUT2D eigenvalue weighted by atomic mass is 10.2. The molecule has 1 amide bonds. The van der Waals surface area contributed by atoms with Crippen LogP contribution in [-0.2, 0) is 0 Å². The quantitative estimate of drug-likeness (QED) is 0.580. The highest BCUT2D eigenvalue weighted by molar-refractivity contribution is 14.1. The standard InChI is InChI=1S/C12H8BrIN2O2/c13-11-4-2-8(6-15-11)16-12(18)7-1-3-9(14)10(17)5-7/h1-6,17H,(H,16,18). The van der Waals surface area contributed by atoms with Gasteiger partial charge in [0, 0.05) is 5.56 Å². The first-order chi connectivity index (χ1) is 8.56. The molecule has 0 fully saturated rings. The van der Waals surface area contributed by atoms with E-state index in [4.69, 9.17) is 0 Å². The van der Waals surface area contributed by atoms with Crippen LogP contribution in [0.25, 0.3) is 0 Å². The molecule has 1 aromatic carbocycles. The molecule has 6 heteroatoms. The molecule has 0 bridgehead atoms. The molecule has 1 heterocycles. The number of phenolic OH excluding ortho intramolecular Hbond substituents is 1. The van der Waals surface area contributed by atoms with Crippen LogP contribution in [0.1, 0.15) is 10.4 Å². The molecule has 2 rings (SSSR count). The van der Waals surface area contributed by atoms with E-state index in [9.17, 15) is 9.90 Å². The Morgan fingerprint density at radius 3 is 2.72 bits per heavy atom. The summed E-state index contributed by atoms with van der Waals surface area (Å²) in [4.78, 5) is 15.9. The van der Waals surface area contributed by atoms with Crippen LogP contribution in [0.2, 0.25) is 0 Å². The Morgan fingerprint density at radius 2 is 2.11 bits per heavy atom. The smallest absolute Gasteiger partial charge is 0.255 e. The molecule has 0 aliphatic carbocycles. The minimum Gasteiger partial charge on any atom is -0.507 e. The number of carbonyl (C=O) groups is 1. The molecule has 0 saturated carbocycles. The van der Waals surface area contributed by atoms with Crippen LogP contribution in [0.3, 0.4) is 0 Å². The predicted octanol–water partition coefficient (Wildman–Crippen LogP) is 3.41. The molecule has 0 aliphatic heterocycles. The summed E-state index contributed by atoms with van der Waals surface area (Å²) in [5.74, 6) is -0.192. The number of anilines is 1. The van der Waals surface area contributed by atoms with Gasteiger partial charge in [-0.3, -0.25) is 4.79 Å². The van der Waals surface area contributed by atoms with Crippen LogP contribution in [0.4, 0.5) is 5.69 Å². The Kier molecular flexibility index (Phi) is 4.18. The topological polar surface area (TPSA) is 62.2 Å². The number of rotatable bonds is 2. The fraction of sp³-hybridized carbons (Fsp3) is 0. The molecule has 0 spiro atoms. The van der Waals surface area contributed by atoms with Crippen molar-refractivity contribution in [2.24, 2.45) is 0 Å². The van der Waals surface area contributed by atoms with Gasteiger partial charge in [-0.25, -0.2) is 4.98 Å². The Hall–Kier alpha value is -1.15. The normalized spacial score (nSPS) is 10.1. The number of hydrogen-bond acceptors (Lipinski definition) is 3. The van der Waals surface area contributed by atoms with Crippen molar-refractivity contribution >= 4 is 50.1 Å². The second-order valence-electron chi connectivity index (χ2n) is 3.49. The summed E-state index contributed by atoms with van der Waals surface area (Å²) in [7, 11) is 0. The first-order valence-corrected chi connectivity index (χ1v) is 6.85. The van der Waals surface area contributed by atoms with E-state index in [-0.39, 0.29) is 11.7 Å². The maximum atomic E-state index is 11.9. The third-order valence-corrected chi connectivity index (χ3v) is 3.57. The van der Waals surface area contributed by atoms with Gasteiger partial charge in [-0.05, 0) is 68.9 Å². The van der Waals surface area contributed by atoms with Crippen molar-refractivity contribution in [3.63, 3.8) is 0 Å². The highest BCUT2D eigenvalue weighted by Gasteiger charge is 2.08. The number of halogens is 2. The van der Waals surface area contributed by atoms with Gasteiger partial charge in [0.25, 0.3) is 5.91 Å². The molecular formula is C12H8BrIN2O2. The molecule has 0 saturated heterocycles. The van der Waals surface area contributed by atoms with Crippen LogP contribution in [0.5, 0.6) is 5.75 Å². The number of carbonyl (C=O) groups excluding carboxylic acids is 1. The number of phenols is 1. The summed E-state index contributed by atoms with van der Waals surface area (Å²) in [6.45, 7) is 0. The zero-order chi connectivity index (χ0) is 13.1. The van der Waals surface area contributed by atoms with E-state index < -0.39 is 0 Å². The van der Waals surface area contributed by atoms with Gasteiger partial charge in [0.2, 0.25) is 0 Å². The number of pyridine rings is 1. The van der Waals surface area contributed by atoms with E-state index in [0.29, 0.717) is 19.4 Å². The Balaban J connectivity index is 2.16. The van der Waals surface area contributed by atoms with Gasteiger partial charge in [0.05, 0.1) is 15.5 Å². The van der Waals surface area contributed by atoms with E-state index in [1.165, 1.54) is 6.07 Å². The third kappa shape index (κ3) is 3.20. The SMILES string of the molecule is O=C(Nc1ccc(Br)nc1)c1ccc(I)c(O)c1. The molecule has 92 valence electrons. The largest absolute Gasteiger partial charge is 0.507 e. The third-order valence-electron chi connectivity index (χ3n) is 2.19. The Bertz CT molecular complexity index is 587. The molecular weight excluding hydrogens is 411 g/mol. The van der Waals surface area contributed by atoms with Crippen molar-refractivity contribution in [3.05, 3.63) is 50.3 Å². The molecule has 18 heavy (non-hydrogen) atoms. The molecule has 0 radical (unpaired) electrons. The van der Waals surface area contributed by atoms with E-state index in [1.54, 1.807) is 30.5 Å². The molecule has 0 atom stereocenters. The number of amides is 1. The highest BCUT2D eigenvalue weighted by Crippen LogP contribution is 2.21. The van der Waals surface area contributed by atoms with Gasteiger partial charge in [-0.15, -0.1) is 0 Å². The van der Waals surface area contributed by atoms with Crippen molar-refractivity contribution in [1.82, 2.24) is 4.98 Å². The van der Waals surface area contributed by atoms with Gasteiger partial charge in [0.1, 0.15) is 10.4 Å². The maximum absolute atomic E-state index is 11.9. The van der Waals surface area contributed by atoms with Crippen molar-refractivity contribution in [2.75, 3.05) is 5.32 Å². The zero-order valence-electron chi connectivity index (χ0n) is 9.02. The molecule has 0 aliphatic rings. The number of aromatic nitrogens is 1. The van der Waals surface area contributed by atoms with Crippen LogP contribution in [-0.4, -0.2) is 16.0 Å². The summed E-state index contributed by atoms with van der Waals surface area (Å²) >= 11 is 5.21. The molecule has 1 aromatic heterocycles. The summed E-state index contributed by atoms with van der Waals surface area (Å²) in [6, 6.07) is 8.25. The van der Waals surface area contributed by atoms with E-state index >= 15 is 0 Å². The van der Waals surface area contributed by atoms with Gasteiger partial charge >= 0.3 is 0 Å². The van der Waals surface area contributed by atoms with Crippen molar-refractivity contribution in [2.45, 2.75) is 0 Å². The zero-order valence-corrected chi connectivity index (χ0v) is 12.8. The van der Waals surface area contributed by atoms with Crippen molar-refractivity contribution in [1.29, 1.82) is 0 Å². The molecule has 0 unspecified atom stereocenters. The minimum atomic E-state index is -0.286. The van der Waals surface area contributed by atoms with Crippen molar-refractivity contribution in [3.8, 4) is 5.75 Å². The van der Waals surface area contributed by atoms with Gasteiger partial charge in [-0.2, -0.15) is 0 Å². The van der Waals surface area contributed by atoms with Crippen LogP contribution in [0, 0.1) is 3.57 Å². The lowest BCUT2D eigenvalue weighted by molar-refractivity contribution is 0.102. The van der Waals surface area contributed by atoms with E-state index in [2.05, 4.69) is 26.2 Å². The average molecular weight is 419 g/mol. The second kappa shape index (κ2) is 5.66. The molecule has 2 aromatic rings. The lowest BCUT2D eigenvalue weighted by Crippen LogP contribution is -2.11. The summed E-state index contributed by atoms with van der Waals surface area (Å²) in [5.41, 5.74) is 0.997. The molecule has 4 nitrogen and oxygen atoms in total. The Labute approximate surface area is 126 Å².